The molecule has 1 fully saturated rings. The van der Waals surface area contributed by atoms with Gasteiger partial charge < -0.3 is 5.11 Å². The monoisotopic (exact) mass is 270 g/mol. The first-order valence-corrected chi connectivity index (χ1v) is 6.33. The summed E-state index contributed by atoms with van der Waals surface area (Å²) >= 11 is 0. The van der Waals surface area contributed by atoms with Crippen molar-refractivity contribution in [2.75, 3.05) is 0 Å². The van der Waals surface area contributed by atoms with Gasteiger partial charge in [0.2, 0.25) is 0 Å². The van der Waals surface area contributed by atoms with E-state index in [1.54, 1.807) is 6.92 Å². The van der Waals surface area contributed by atoms with Gasteiger partial charge in [0.05, 0.1) is 0 Å². The van der Waals surface area contributed by atoms with Crippen molar-refractivity contribution in [3.8, 4) is 0 Å². The number of rotatable bonds is 3. The molecule has 1 N–H and O–H groups in total. The van der Waals surface area contributed by atoms with Crippen molar-refractivity contribution < 1.29 is 44.3 Å². The van der Waals surface area contributed by atoms with E-state index < -0.39 is 5.97 Å². The molecule has 1 aromatic rings. The van der Waals surface area contributed by atoms with Gasteiger partial charge in [-0.1, -0.05) is 6.92 Å². The number of hydrogen-bond donors (Lipinski definition) is 1. The van der Waals surface area contributed by atoms with Gasteiger partial charge in [-0.05, 0) is 19.3 Å². The number of aliphatic carboxylic acids is 1. The Bertz CT molecular complexity index is 390. The maximum absolute atomic E-state index is 11.4. The van der Waals surface area contributed by atoms with E-state index in [0.717, 1.165) is 25.7 Å². The third kappa shape index (κ3) is 7.51. The van der Waals surface area contributed by atoms with Crippen molar-refractivity contribution >= 4 is 11.8 Å². The Labute approximate surface area is 136 Å². The second kappa shape index (κ2) is 10.2. The van der Waals surface area contributed by atoms with Crippen LogP contribution in [0.1, 0.15) is 38.2 Å². The number of carbonyl (C=O) groups is 2. The number of hydrogen-bond acceptors (Lipinski definition) is 2. The van der Waals surface area contributed by atoms with Crippen molar-refractivity contribution in [2.45, 2.75) is 39.0 Å². The minimum atomic E-state index is -0.745. The van der Waals surface area contributed by atoms with Crippen molar-refractivity contribution in [3.05, 3.63) is 35.9 Å². The van der Waals surface area contributed by atoms with E-state index in [2.05, 4.69) is 6.07 Å². The van der Waals surface area contributed by atoms with Gasteiger partial charge in [-0.15, -0.1) is 0 Å². The Kier molecular flexibility index (Phi) is 9.84. The van der Waals surface area contributed by atoms with Crippen LogP contribution in [-0.4, -0.2) is 16.9 Å². The molecular weight excluding hydrogens is 251 g/mol. The Morgan fingerprint density at radius 1 is 1.42 bits per heavy atom. The molecule has 1 aromatic carbocycles. The van der Waals surface area contributed by atoms with E-state index in [0.29, 0.717) is 11.7 Å². The second-order valence-electron chi connectivity index (χ2n) is 4.42. The summed E-state index contributed by atoms with van der Waals surface area (Å²) in [5, 5.41) is 7.72. The number of carbonyl (C=O) groups excluding carboxylic acids is 1. The van der Waals surface area contributed by atoms with Gasteiger partial charge in [-0.2, -0.15) is 35.9 Å². The first-order chi connectivity index (χ1) is 8.63. The van der Waals surface area contributed by atoms with E-state index in [1.165, 1.54) is 5.56 Å². The van der Waals surface area contributed by atoms with Crippen molar-refractivity contribution in [3.63, 3.8) is 0 Å². The average Bonchev–Trinajstić information content (AvgIpc) is 2.77. The number of benzene rings is 1. The first kappa shape index (κ1) is 18.4. The van der Waals surface area contributed by atoms with Crippen molar-refractivity contribution in [2.24, 2.45) is 5.92 Å². The van der Waals surface area contributed by atoms with E-state index in [1.807, 2.05) is 24.3 Å². The van der Waals surface area contributed by atoms with Crippen LogP contribution in [0.2, 0.25) is 0 Å². The SMILES string of the molecule is CCC(=O)O.O=C1CCCC1Cc1cc[c-]cc1.[Na+]. The molecule has 1 unspecified atom stereocenters. The van der Waals surface area contributed by atoms with Crippen LogP contribution in [-0.2, 0) is 16.0 Å². The Morgan fingerprint density at radius 3 is 2.42 bits per heavy atom. The maximum Gasteiger partial charge on any atom is 1.00 e. The molecule has 98 valence electrons. The summed E-state index contributed by atoms with van der Waals surface area (Å²) in [5.74, 6) is 0.000215. The number of Topliss-reactive ketones (excluding diaryl/α,β-unsaturated/α-hetero) is 1. The van der Waals surface area contributed by atoms with E-state index >= 15 is 0 Å². The van der Waals surface area contributed by atoms with Crippen LogP contribution in [0.5, 0.6) is 0 Å². The molecule has 0 saturated heterocycles. The molecule has 0 amide bonds. The molecule has 19 heavy (non-hydrogen) atoms. The predicted molar refractivity (Wildman–Crippen MR) is 69.3 cm³/mol. The van der Waals surface area contributed by atoms with Gasteiger partial charge in [0.1, 0.15) is 5.78 Å². The molecule has 0 bridgehead atoms. The molecule has 3 nitrogen and oxygen atoms in total. The Morgan fingerprint density at radius 2 is 2.00 bits per heavy atom. The third-order valence-corrected chi connectivity index (χ3v) is 3.00. The molecule has 1 aliphatic rings. The summed E-state index contributed by atoms with van der Waals surface area (Å²) < 4.78 is 0. The topological polar surface area (TPSA) is 54.4 Å². The van der Waals surface area contributed by atoms with Crippen LogP contribution in [0.4, 0.5) is 0 Å². The van der Waals surface area contributed by atoms with E-state index in [-0.39, 0.29) is 36.0 Å². The quantitative estimate of drug-likeness (QED) is 0.615. The second-order valence-corrected chi connectivity index (χ2v) is 4.42. The van der Waals surface area contributed by atoms with Crippen molar-refractivity contribution in [1.29, 1.82) is 0 Å². The van der Waals surface area contributed by atoms with Gasteiger partial charge in [0.25, 0.3) is 0 Å². The van der Waals surface area contributed by atoms with Crippen LogP contribution < -0.4 is 29.6 Å². The molecule has 1 saturated carbocycles. The standard InChI is InChI=1S/C12H13O.C3H6O2.Na/c13-12-8-4-7-11(12)9-10-5-2-1-3-6-10;1-2-3(4)5;/h2-3,5-6,11H,4,7-9H2;2H2,1H3,(H,4,5);/q-1;;+1. The smallest absolute Gasteiger partial charge is 0.481 e. The predicted octanol–water partition coefficient (Wildman–Crippen LogP) is -0.117. The summed E-state index contributed by atoms with van der Waals surface area (Å²) in [7, 11) is 0. The summed E-state index contributed by atoms with van der Waals surface area (Å²) in [4.78, 5) is 20.7. The Hall–Kier alpha value is -0.640. The minimum absolute atomic E-state index is 0. The number of carboxylic acid groups (broad SMARTS) is 1. The van der Waals surface area contributed by atoms with Crippen LogP contribution in [0.3, 0.4) is 0 Å². The Balaban J connectivity index is 0.000000471. The molecule has 0 aliphatic heterocycles. The molecule has 0 aromatic heterocycles. The number of carboxylic acids is 1. The molecule has 0 heterocycles. The number of ketones is 1. The van der Waals surface area contributed by atoms with Crippen molar-refractivity contribution in [1.82, 2.24) is 0 Å². The fourth-order valence-electron chi connectivity index (χ4n) is 1.95. The molecule has 2 rings (SSSR count). The maximum atomic E-state index is 11.4. The summed E-state index contributed by atoms with van der Waals surface area (Å²) in [6.07, 6.45) is 4.11. The molecular formula is C15H19NaO3. The van der Waals surface area contributed by atoms with Gasteiger partial charge >= 0.3 is 35.5 Å². The fraction of sp³-hybridized carbons (Fsp3) is 0.467. The van der Waals surface area contributed by atoms with Gasteiger partial charge in [-0.3, -0.25) is 9.59 Å². The zero-order valence-corrected chi connectivity index (χ0v) is 13.7. The molecule has 4 heteroatoms. The van der Waals surface area contributed by atoms with E-state index in [4.69, 9.17) is 5.11 Å². The summed E-state index contributed by atoms with van der Waals surface area (Å²) in [5.41, 5.74) is 1.26. The zero-order chi connectivity index (χ0) is 13.4. The average molecular weight is 270 g/mol. The summed E-state index contributed by atoms with van der Waals surface area (Å²) in [6, 6.07) is 10.9. The largest absolute Gasteiger partial charge is 1.00 e. The third-order valence-electron chi connectivity index (χ3n) is 3.00. The molecule has 0 spiro atoms. The molecule has 1 aliphatic carbocycles. The minimum Gasteiger partial charge on any atom is -0.481 e. The molecule has 0 radical (unpaired) electrons. The zero-order valence-electron chi connectivity index (χ0n) is 11.7. The fourth-order valence-corrected chi connectivity index (χ4v) is 1.95. The molecule has 1 atom stereocenters. The van der Waals surface area contributed by atoms with Crippen LogP contribution >= 0.6 is 0 Å². The normalized spacial score (nSPS) is 17.1. The van der Waals surface area contributed by atoms with Crippen LogP contribution in [0, 0.1) is 12.0 Å². The summed E-state index contributed by atoms with van der Waals surface area (Å²) in [6.45, 7) is 1.60. The van der Waals surface area contributed by atoms with Gasteiger partial charge in [0.15, 0.2) is 0 Å². The van der Waals surface area contributed by atoms with Gasteiger partial charge in [-0.25, -0.2) is 0 Å². The van der Waals surface area contributed by atoms with Crippen LogP contribution in [0.25, 0.3) is 0 Å². The van der Waals surface area contributed by atoms with Crippen LogP contribution in [0.15, 0.2) is 24.3 Å². The van der Waals surface area contributed by atoms with Gasteiger partial charge in [0, 0.05) is 18.8 Å². The van der Waals surface area contributed by atoms with E-state index in [9.17, 15) is 9.59 Å². The first-order valence-electron chi connectivity index (χ1n) is 6.33.